The number of carbonyl (C=O) groups excluding carboxylic acids is 1. The summed E-state index contributed by atoms with van der Waals surface area (Å²) in [6, 6.07) is -0.324. The summed E-state index contributed by atoms with van der Waals surface area (Å²) in [5.74, 6) is 0.286. The first kappa shape index (κ1) is 9.86. The molecule has 0 rings (SSSR count). The second kappa shape index (κ2) is 5.63. The Morgan fingerprint density at radius 2 is 2.56 bits per heavy atom. The molecule has 9 heavy (non-hydrogen) atoms. The number of hydrogen-bond acceptors (Lipinski definition) is 4. The number of amides is 1. The highest BCUT2D eigenvalue weighted by Gasteiger charge is 2.11. The number of thiol groups is 1. The number of carbonyl (C=O) groups is 1. The van der Waals surface area contributed by atoms with E-state index in [2.05, 4.69) is 38.7 Å². The third kappa shape index (κ3) is 4.29. The second-order valence-electron chi connectivity index (χ2n) is 1.36. The molecular weight excluding hydrogens is 271 g/mol. The van der Waals surface area contributed by atoms with Crippen LogP contribution in [0.5, 0.6) is 0 Å². The molecule has 6 heteroatoms. The Kier molecular flexibility index (Phi) is 6.17. The van der Waals surface area contributed by atoms with Crippen molar-refractivity contribution in [3.05, 3.63) is 0 Å². The topological polar surface area (TPSA) is 55.1 Å². The quantitative estimate of drug-likeness (QED) is 0.514. The molecule has 0 radical (unpaired) electrons. The number of primary amides is 1. The minimum absolute atomic E-state index is 0.324. The summed E-state index contributed by atoms with van der Waals surface area (Å²) in [4.78, 5) is 10.4. The minimum Gasteiger partial charge on any atom is -0.368 e. The summed E-state index contributed by atoms with van der Waals surface area (Å²) in [6.07, 6.45) is 0. The van der Waals surface area contributed by atoms with Gasteiger partial charge in [-0.1, -0.05) is 21.7 Å². The van der Waals surface area contributed by atoms with Gasteiger partial charge < -0.3 is 5.73 Å². The first-order valence-electron chi connectivity index (χ1n) is 2.14. The Morgan fingerprint density at radius 1 is 2.00 bits per heavy atom. The number of halogens is 1. The molecule has 0 fully saturated rings. The molecule has 54 valence electrons. The van der Waals surface area contributed by atoms with Crippen molar-refractivity contribution in [3.63, 3.8) is 0 Å². The van der Waals surface area contributed by atoms with Crippen molar-refractivity contribution in [3.8, 4) is 0 Å². The van der Waals surface area contributed by atoms with Crippen LogP contribution in [0.4, 0.5) is 0 Å². The average molecular weight is 278 g/mol. The molecule has 3 nitrogen and oxygen atoms in total. The molecule has 1 unspecified atom stereocenters. The second-order valence-corrected chi connectivity index (χ2v) is 4.04. The third-order valence-corrected chi connectivity index (χ3v) is 2.58. The van der Waals surface area contributed by atoms with E-state index in [1.54, 1.807) is 0 Å². The smallest absolute Gasteiger partial charge is 0.236 e. The standard InChI is InChI=1S/C3H7IN2OS2/c4-9-1-2(6-8)3(5)7/h2,6,8H,1H2,(H2,5,7). The fourth-order valence-electron chi connectivity index (χ4n) is 0.246. The molecule has 0 aliphatic rings. The van der Waals surface area contributed by atoms with Gasteiger partial charge in [-0.2, -0.15) is 0 Å². The van der Waals surface area contributed by atoms with Crippen LogP contribution in [0.3, 0.4) is 0 Å². The van der Waals surface area contributed by atoms with E-state index in [9.17, 15) is 4.79 Å². The van der Waals surface area contributed by atoms with Crippen molar-refractivity contribution in [2.24, 2.45) is 5.73 Å². The van der Waals surface area contributed by atoms with Crippen molar-refractivity contribution >= 4 is 48.9 Å². The van der Waals surface area contributed by atoms with Crippen LogP contribution in [0.1, 0.15) is 0 Å². The SMILES string of the molecule is NC(=O)C(CSI)NS. The normalized spacial score (nSPS) is 13.1. The highest BCUT2D eigenvalue weighted by Crippen LogP contribution is 2.11. The van der Waals surface area contributed by atoms with Gasteiger partial charge in [-0.05, 0) is 21.2 Å². The van der Waals surface area contributed by atoms with E-state index in [4.69, 9.17) is 5.73 Å². The fraction of sp³-hybridized carbons (Fsp3) is 0.667. The molecule has 0 aromatic carbocycles. The van der Waals surface area contributed by atoms with Gasteiger partial charge in [0.25, 0.3) is 0 Å². The van der Waals surface area contributed by atoms with E-state index in [0.717, 1.165) is 0 Å². The Morgan fingerprint density at radius 3 is 2.67 bits per heavy atom. The first-order valence-corrected chi connectivity index (χ1v) is 6.12. The lowest BCUT2D eigenvalue weighted by Gasteiger charge is -2.06. The third-order valence-electron chi connectivity index (χ3n) is 0.729. The van der Waals surface area contributed by atoms with Crippen LogP contribution in [0.15, 0.2) is 0 Å². The lowest BCUT2D eigenvalue weighted by molar-refractivity contribution is -0.119. The van der Waals surface area contributed by atoms with Gasteiger partial charge in [0.2, 0.25) is 5.91 Å². The Balaban J connectivity index is 3.54. The van der Waals surface area contributed by atoms with Crippen molar-refractivity contribution in [2.75, 3.05) is 5.75 Å². The van der Waals surface area contributed by atoms with Gasteiger partial charge in [0.1, 0.15) is 6.04 Å². The number of rotatable bonds is 4. The molecule has 3 N–H and O–H groups in total. The van der Waals surface area contributed by atoms with Crippen LogP contribution in [-0.4, -0.2) is 17.7 Å². The van der Waals surface area contributed by atoms with Gasteiger partial charge >= 0.3 is 0 Å². The largest absolute Gasteiger partial charge is 0.368 e. The number of nitrogens with one attached hydrogen (secondary N) is 1. The highest BCUT2D eigenvalue weighted by atomic mass is 127. The molecule has 0 aliphatic heterocycles. The Bertz CT molecular complexity index is 102. The zero-order chi connectivity index (χ0) is 7.28. The molecule has 1 amide bonds. The minimum atomic E-state index is -0.367. The lowest BCUT2D eigenvalue weighted by Crippen LogP contribution is -2.38. The summed E-state index contributed by atoms with van der Waals surface area (Å²) in [5, 5.41) is 0. The lowest BCUT2D eigenvalue weighted by atomic mass is 10.3. The van der Waals surface area contributed by atoms with Crippen LogP contribution >= 0.6 is 43.0 Å². The van der Waals surface area contributed by atoms with Gasteiger partial charge in [0.05, 0.1) is 0 Å². The first-order chi connectivity index (χ1) is 4.22. The fourth-order valence-corrected chi connectivity index (χ4v) is 2.04. The highest BCUT2D eigenvalue weighted by molar-refractivity contribution is 14.2. The Hall–Kier alpha value is 0.860. The van der Waals surface area contributed by atoms with Gasteiger partial charge in [0.15, 0.2) is 0 Å². The van der Waals surface area contributed by atoms with E-state index in [1.165, 1.54) is 8.93 Å². The zero-order valence-corrected chi connectivity index (χ0v) is 8.37. The molecule has 0 spiro atoms. The van der Waals surface area contributed by atoms with E-state index < -0.39 is 0 Å². The molecule has 0 aromatic heterocycles. The summed E-state index contributed by atoms with van der Waals surface area (Å²) in [6.45, 7) is 0. The molecule has 0 aromatic rings. The summed E-state index contributed by atoms with van der Waals surface area (Å²) in [5.41, 5.74) is 4.97. The summed E-state index contributed by atoms with van der Waals surface area (Å²) in [7, 11) is 1.52. The number of hydrogen-bond donors (Lipinski definition) is 3. The van der Waals surface area contributed by atoms with Crippen LogP contribution in [0.25, 0.3) is 0 Å². The predicted molar refractivity (Wildman–Crippen MR) is 51.6 cm³/mol. The summed E-state index contributed by atoms with van der Waals surface area (Å²) < 4.78 is 2.50. The molecule has 0 saturated heterocycles. The monoisotopic (exact) mass is 278 g/mol. The van der Waals surface area contributed by atoms with Gasteiger partial charge in [-0.15, -0.1) is 0 Å². The van der Waals surface area contributed by atoms with Gasteiger partial charge in [0, 0.05) is 5.75 Å². The van der Waals surface area contributed by atoms with E-state index in [-0.39, 0.29) is 11.9 Å². The summed E-state index contributed by atoms with van der Waals surface area (Å²) >= 11 is 5.82. The van der Waals surface area contributed by atoms with Crippen LogP contribution in [-0.2, 0) is 4.79 Å². The van der Waals surface area contributed by atoms with E-state index in [1.807, 2.05) is 0 Å². The maximum absolute atomic E-state index is 10.4. The van der Waals surface area contributed by atoms with Crippen molar-refractivity contribution < 1.29 is 4.79 Å². The number of nitrogens with two attached hydrogens (primary N) is 1. The zero-order valence-electron chi connectivity index (χ0n) is 4.50. The maximum Gasteiger partial charge on any atom is 0.236 e. The van der Waals surface area contributed by atoms with Crippen LogP contribution < -0.4 is 10.5 Å². The van der Waals surface area contributed by atoms with Gasteiger partial charge in [-0.3, -0.25) is 9.52 Å². The maximum atomic E-state index is 10.4. The molecule has 0 aliphatic carbocycles. The van der Waals surface area contributed by atoms with Crippen molar-refractivity contribution in [1.82, 2.24) is 4.72 Å². The van der Waals surface area contributed by atoms with Gasteiger partial charge in [-0.25, -0.2) is 0 Å². The van der Waals surface area contributed by atoms with E-state index >= 15 is 0 Å². The van der Waals surface area contributed by atoms with Crippen LogP contribution in [0, 0.1) is 0 Å². The van der Waals surface area contributed by atoms with Crippen LogP contribution in [0.2, 0.25) is 0 Å². The Labute approximate surface area is 75.6 Å². The molecule has 0 bridgehead atoms. The van der Waals surface area contributed by atoms with E-state index in [0.29, 0.717) is 5.75 Å². The molecular formula is C3H7IN2OS2. The molecule has 0 heterocycles. The predicted octanol–water partition coefficient (Wildman–Crippen LogP) is 0.358. The molecule has 0 saturated carbocycles. The molecule has 1 atom stereocenters. The van der Waals surface area contributed by atoms with Crippen molar-refractivity contribution in [1.29, 1.82) is 0 Å². The van der Waals surface area contributed by atoms with Crippen molar-refractivity contribution in [2.45, 2.75) is 6.04 Å². The average Bonchev–Trinajstić information content (AvgIpc) is 1.82.